The van der Waals surface area contributed by atoms with Gasteiger partial charge >= 0.3 is 0 Å². The van der Waals surface area contributed by atoms with Crippen molar-refractivity contribution in [1.82, 2.24) is 0 Å². The highest BCUT2D eigenvalue weighted by atomic mass is 16.3. The predicted octanol–water partition coefficient (Wildman–Crippen LogP) is 3.23. The van der Waals surface area contributed by atoms with Crippen LogP contribution in [0.3, 0.4) is 0 Å². The second-order valence-corrected chi connectivity index (χ2v) is 5.52. The van der Waals surface area contributed by atoms with Gasteiger partial charge in [0.05, 0.1) is 12.5 Å². The summed E-state index contributed by atoms with van der Waals surface area (Å²) in [6.45, 7) is 0. The lowest BCUT2D eigenvalue weighted by Gasteiger charge is -2.20. The van der Waals surface area contributed by atoms with Crippen LogP contribution < -0.4 is 11.5 Å². The van der Waals surface area contributed by atoms with Crippen molar-refractivity contribution in [3.63, 3.8) is 0 Å². The fourth-order valence-corrected chi connectivity index (χ4v) is 2.74. The number of furan rings is 1. The fraction of sp³-hybridized carbons (Fsp3) is 0.111. The summed E-state index contributed by atoms with van der Waals surface area (Å²) in [6.07, 6.45) is 3.80. The van der Waals surface area contributed by atoms with Crippen LogP contribution >= 0.6 is 0 Å². The van der Waals surface area contributed by atoms with E-state index in [1.165, 1.54) is 12.1 Å². The third-order valence-electron chi connectivity index (χ3n) is 3.88. The van der Waals surface area contributed by atoms with E-state index >= 15 is 0 Å². The van der Waals surface area contributed by atoms with Crippen LogP contribution in [0.2, 0.25) is 0 Å². The van der Waals surface area contributed by atoms with E-state index in [9.17, 15) is 10.2 Å². The number of hydrogen-bond acceptors (Lipinski definition) is 5. The molecule has 0 bridgehead atoms. The van der Waals surface area contributed by atoms with Crippen molar-refractivity contribution in [2.75, 3.05) is 11.5 Å². The van der Waals surface area contributed by atoms with Crippen molar-refractivity contribution in [2.24, 2.45) is 0 Å². The molecule has 0 fully saturated rings. The third kappa shape index (κ3) is 3.08. The van der Waals surface area contributed by atoms with Crippen molar-refractivity contribution < 1.29 is 14.6 Å². The largest absolute Gasteiger partial charge is 0.508 e. The zero-order valence-corrected chi connectivity index (χ0v) is 12.4. The lowest BCUT2D eigenvalue weighted by Crippen LogP contribution is -2.06. The van der Waals surface area contributed by atoms with Gasteiger partial charge in [0.1, 0.15) is 11.5 Å². The van der Waals surface area contributed by atoms with Gasteiger partial charge in [-0.05, 0) is 30.2 Å². The maximum Gasteiger partial charge on any atom is 0.121 e. The molecule has 0 radical (unpaired) electrons. The number of hydrogen-bond donors (Lipinski definition) is 4. The zero-order chi connectivity index (χ0) is 16.4. The summed E-state index contributed by atoms with van der Waals surface area (Å²) in [4.78, 5) is 0. The monoisotopic (exact) mass is 310 g/mol. The molecule has 0 aliphatic rings. The Bertz CT molecular complexity index is 762. The Hall–Kier alpha value is -3.08. The molecule has 0 aliphatic carbocycles. The van der Waals surface area contributed by atoms with Crippen molar-refractivity contribution in [2.45, 2.75) is 12.3 Å². The van der Waals surface area contributed by atoms with Gasteiger partial charge in [-0.3, -0.25) is 0 Å². The van der Waals surface area contributed by atoms with E-state index in [1.807, 2.05) is 6.07 Å². The van der Waals surface area contributed by atoms with Crippen LogP contribution in [0.25, 0.3) is 0 Å². The summed E-state index contributed by atoms with van der Waals surface area (Å²) in [5.41, 5.74) is 14.7. The number of anilines is 2. The first-order valence-corrected chi connectivity index (χ1v) is 7.22. The first-order chi connectivity index (χ1) is 11.0. The molecule has 0 atom stereocenters. The van der Waals surface area contributed by atoms with E-state index in [0.717, 1.165) is 5.56 Å². The van der Waals surface area contributed by atoms with E-state index in [1.54, 1.807) is 36.8 Å². The SMILES string of the molecule is Nc1ccc(C(Cc2ccoc2)c2ccc(N)cc2O)c(O)c1. The number of nitrogen functional groups attached to an aromatic ring is 2. The van der Waals surface area contributed by atoms with Crippen molar-refractivity contribution in [3.8, 4) is 11.5 Å². The molecule has 1 aromatic heterocycles. The van der Waals surface area contributed by atoms with Gasteiger partial charge < -0.3 is 26.1 Å². The summed E-state index contributed by atoms with van der Waals surface area (Å²) >= 11 is 0. The summed E-state index contributed by atoms with van der Waals surface area (Å²) in [7, 11) is 0. The van der Waals surface area contributed by atoms with Gasteiger partial charge in [0.25, 0.3) is 0 Å². The number of aromatic hydroxyl groups is 2. The summed E-state index contributed by atoms with van der Waals surface area (Å²) in [5, 5.41) is 20.6. The fourth-order valence-electron chi connectivity index (χ4n) is 2.74. The molecule has 5 heteroatoms. The van der Waals surface area contributed by atoms with E-state index in [0.29, 0.717) is 28.9 Å². The Labute approximate surface area is 133 Å². The van der Waals surface area contributed by atoms with Crippen molar-refractivity contribution in [1.29, 1.82) is 0 Å². The van der Waals surface area contributed by atoms with Crippen LogP contribution in [-0.2, 0) is 6.42 Å². The van der Waals surface area contributed by atoms with Crippen molar-refractivity contribution in [3.05, 3.63) is 71.7 Å². The van der Waals surface area contributed by atoms with Gasteiger partial charge in [-0.15, -0.1) is 0 Å². The zero-order valence-electron chi connectivity index (χ0n) is 12.4. The molecule has 0 spiro atoms. The number of nitrogens with two attached hydrogens (primary N) is 2. The first kappa shape index (κ1) is 14.8. The molecule has 118 valence electrons. The molecule has 0 saturated carbocycles. The standard InChI is InChI=1S/C18H18N2O3/c19-12-1-3-14(17(21)8-12)16(7-11-5-6-23-10-11)15-4-2-13(20)9-18(15)22/h1-6,8-10,16,21-22H,7,19-20H2. The van der Waals surface area contributed by atoms with Gasteiger partial charge in [0.15, 0.2) is 0 Å². The molecule has 2 aromatic carbocycles. The molecule has 0 unspecified atom stereocenters. The lowest BCUT2D eigenvalue weighted by atomic mass is 9.85. The highest BCUT2D eigenvalue weighted by Gasteiger charge is 2.22. The quantitative estimate of drug-likeness (QED) is 0.554. The molecule has 3 aromatic rings. The van der Waals surface area contributed by atoms with E-state index in [4.69, 9.17) is 15.9 Å². The van der Waals surface area contributed by atoms with E-state index in [2.05, 4.69) is 0 Å². The van der Waals surface area contributed by atoms with Gasteiger partial charge in [-0.25, -0.2) is 0 Å². The topological polar surface area (TPSA) is 106 Å². The maximum atomic E-state index is 10.3. The molecule has 6 N–H and O–H groups in total. The molecule has 0 amide bonds. The highest BCUT2D eigenvalue weighted by molar-refractivity contribution is 5.56. The Kier molecular flexibility index (Phi) is 3.85. The van der Waals surface area contributed by atoms with Gasteiger partial charge in [0.2, 0.25) is 0 Å². The summed E-state index contributed by atoms with van der Waals surface area (Å²) < 4.78 is 5.12. The molecule has 3 rings (SSSR count). The molecule has 1 heterocycles. The number of benzene rings is 2. The second kappa shape index (κ2) is 5.96. The Morgan fingerprint density at radius 3 is 1.87 bits per heavy atom. The normalized spacial score (nSPS) is 11.0. The van der Waals surface area contributed by atoms with Crippen LogP contribution in [0.15, 0.2) is 59.4 Å². The highest BCUT2D eigenvalue weighted by Crippen LogP contribution is 2.39. The van der Waals surface area contributed by atoms with Crippen LogP contribution in [0, 0.1) is 0 Å². The minimum atomic E-state index is -0.256. The average Bonchev–Trinajstić information content (AvgIpc) is 2.99. The number of phenols is 2. The molecular formula is C18H18N2O3. The van der Waals surface area contributed by atoms with Crippen molar-refractivity contribution >= 4 is 11.4 Å². The third-order valence-corrected chi connectivity index (χ3v) is 3.88. The minimum Gasteiger partial charge on any atom is -0.508 e. The van der Waals surface area contributed by atoms with Gasteiger partial charge in [-0.1, -0.05) is 12.1 Å². The predicted molar refractivity (Wildman–Crippen MR) is 89.3 cm³/mol. The van der Waals surface area contributed by atoms with Crippen LogP contribution in [0.4, 0.5) is 11.4 Å². The smallest absolute Gasteiger partial charge is 0.121 e. The van der Waals surface area contributed by atoms with Crippen LogP contribution in [0.1, 0.15) is 22.6 Å². The number of phenolic OH excluding ortho intramolecular Hbond substituents is 2. The Balaban J connectivity index is 2.09. The Morgan fingerprint density at radius 2 is 1.43 bits per heavy atom. The van der Waals surface area contributed by atoms with E-state index in [-0.39, 0.29) is 17.4 Å². The molecule has 5 nitrogen and oxygen atoms in total. The molecule has 0 aliphatic heterocycles. The Morgan fingerprint density at radius 1 is 0.870 bits per heavy atom. The second-order valence-electron chi connectivity index (χ2n) is 5.52. The molecule has 23 heavy (non-hydrogen) atoms. The molecule has 0 saturated heterocycles. The van der Waals surface area contributed by atoms with Gasteiger partial charge in [0, 0.05) is 40.6 Å². The minimum absolute atomic E-state index is 0.0923. The summed E-state index contributed by atoms with van der Waals surface area (Å²) in [5.74, 6) is -0.0711. The van der Waals surface area contributed by atoms with Gasteiger partial charge in [-0.2, -0.15) is 0 Å². The number of rotatable bonds is 4. The molecular weight excluding hydrogens is 292 g/mol. The average molecular weight is 310 g/mol. The lowest BCUT2D eigenvalue weighted by molar-refractivity contribution is 0.454. The van der Waals surface area contributed by atoms with E-state index < -0.39 is 0 Å². The van der Waals surface area contributed by atoms with Crippen LogP contribution in [0.5, 0.6) is 11.5 Å². The summed E-state index contributed by atoms with van der Waals surface area (Å²) in [6, 6.07) is 11.9. The first-order valence-electron chi connectivity index (χ1n) is 7.22. The van der Waals surface area contributed by atoms with Crippen LogP contribution in [-0.4, -0.2) is 10.2 Å². The maximum absolute atomic E-state index is 10.3.